The van der Waals surface area contributed by atoms with Crippen molar-refractivity contribution in [2.45, 2.75) is 13.5 Å². The van der Waals surface area contributed by atoms with Crippen LogP contribution in [0.15, 0.2) is 65.6 Å². The van der Waals surface area contributed by atoms with Crippen molar-refractivity contribution in [3.8, 4) is 0 Å². The van der Waals surface area contributed by atoms with E-state index in [0.29, 0.717) is 6.54 Å². The number of aryl methyl sites for hydroxylation is 1. The molecule has 0 spiro atoms. The van der Waals surface area contributed by atoms with E-state index in [2.05, 4.69) is 5.32 Å². The van der Waals surface area contributed by atoms with Crippen molar-refractivity contribution in [3.05, 3.63) is 99.5 Å². The van der Waals surface area contributed by atoms with Crippen LogP contribution in [0.5, 0.6) is 0 Å². The second kappa shape index (κ2) is 7.31. The molecule has 0 fully saturated rings. The molecule has 1 aromatic heterocycles. The topological polar surface area (TPSA) is 51.1 Å². The van der Waals surface area contributed by atoms with Crippen LogP contribution in [-0.4, -0.2) is 10.5 Å². The number of hydrogen-bond acceptors (Lipinski definition) is 2. The van der Waals surface area contributed by atoms with E-state index in [1.165, 1.54) is 10.6 Å². The number of nitrogens with one attached hydrogen (secondary N) is 1. The molecule has 1 heterocycles. The normalized spacial score (nSPS) is 10.6. The van der Waals surface area contributed by atoms with Crippen molar-refractivity contribution < 1.29 is 13.6 Å². The molecular formula is C20H16F2N2O2. The lowest BCUT2D eigenvalue weighted by Gasteiger charge is -2.10. The van der Waals surface area contributed by atoms with Gasteiger partial charge < -0.3 is 9.88 Å². The van der Waals surface area contributed by atoms with Gasteiger partial charge in [0.15, 0.2) is 0 Å². The zero-order valence-electron chi connectivity index (χ0n) is 14.0. The SMILES string of the molecule is Cc1ccc(Cn2cccc(C(=O)Nc3cc(F)ccc3F)c2=O)cc1. The Balaban J connectivity index is 1.86. The zero-order chi connectivity index (χ0) is 18.7. The van der Waals surface area contributed by atoms with Crippen LogP contribution in [0.4, 0.5) is 14.5 Å². The standard InChI is InChI=1S/C20H16F2N2O2/c1-13-4-6-14(7-5-13)12-24-10-2-3-16(20(24)26)19(25)23-18-11-15(21)8-9-17(18)22/h2-11H,12H2,1H3,(H,23,25). The summed E-state index contributed by atoms with van der Waals surface area (Å²) < 4.78 is 28.3. The van der Waals surface area contributed by atoms with Crippen molar-refractivity contribution in [2.75, 3.05) is 5.32 Å². The third-order valence-corrected chi connectivity index (χ3v) is 3.91. The number of hydrogen-bond donors (Lipinski definition) is 1. The van der Waals surface area contributed by atoms with Gasteiger partial charge in [0.2, 0.25) is 0 Å². The Kier molecular flexibility index (Phi) is 4.93. The number of benzene rings is 2. The Labute approximate surface area is 148 Å². The first kappa shape index (κ1) is 17.5. The smallest absolute Gasteiger partial charge is 0.263 e. The van der Waals surface area contributed by atoms with Gasteiger partial charge in [0.05, 0.1) is 12.2 Å². The molecule has 26 heavy (non-hydrogen) atoms. The summed E-state index contributed by atoms with van der Waals surface area (Å²) in [5.74, 6) is -2.26. The van der Waals surface area contributed by atoms with E-state index >= 15 is 0 Å². The number of anilines is 1. The highest BCUT2D eigenvalue weighted by atomic mass is 19.1. The van der Waals surface area contributed by atoms with Crippen LogP contribution in [0.3, 0.4) is 0 Å². The predicted molar refractivity (Wildman–Crippen MR) is 95.3 cm³/mol. The molecule has 0 saturated carbocycles. The van der Waals surface area contributed by atoms with E-state index in [1.807, 2.05) is 31.2 Å². The number of rotatable bonds is 4. The minimum Gasteiger partial charge on any atom is -0.319 e. The van der Waals surface area contributed by atoms with Crippen LogP contribution in [-0.2, 0) is 6.54 Å². The molecule has 0 bridgehead atoms. The highest BCUT2D eigenvalue weighted by Gasteiger charge is 2.15. The quantitative estimate of drug-likeness (QED) is 0.776. The summed E-state index contributed by atoms with van der Waals surface area (Å²) in [6, 6.07) is 13.3. The minimum absolute atomic E-state index is 0.150. The molecule has 1 N–H and O–H groups in total. The fraction of sp³-hybridized carbons (Fsp3) is 0.100. The Morgan fingerprint density at radius 2 is 1.81 bits per heavy atom. The first-order valence-corrected chi connectivity index (χ1v) is 7.95. The molecule has 1 amide bonds. The first-order valence-electron chi connectivity index (χ1n) is 7.95. The Hall–Kier alpha value is -3.28. The maximum absolute atomic E-state index is 13.7. The van der Waals surface area contributed by atoms with Gasteiger partial charge in [0.1, 0.15) is 17.2 Å². The summed E-state index contributed by atoms with van der Waals surface area (Å²) in [7, 11) is 0. The third-order valence-electron chi connectivity index (χ3n) is 3.91. The van der Waals surface area contributed by atoms with E-state index < -0.39 is 23.1 Å². The number of halogens is 2. The number of nitrogens with zero attached hydrogens (tertiary/aromatic N) is 1. The number of aromatic nitrogens is 1. The zero-order valence-corrected chi connectivity index (χ0v) is 14.0. The molecule has 0 saturated heterocycles. The molecule has 3 rings (SSSR count). The van der Waals surface area contributed by atoms with Crippen LogP contribution in [0, 0.1) is 18.6 Å². The summed E-state index contributed by atoms with van der Waals surface area (Å²) in [6.45, 7) is 2.26. The average molecular weight is 354 g/mol. The molecule has 132 valence electrons. The molecular weight excluding hydrogens is 338 g/mol. The fourth-order valence-electron chi connectivity index (χ4n) is 2.51. The molecule has 4 nitrogen and oxygen atoms in total. The van der Waals surface area contributed by atoms with Crippen molar-refractivity contribution >= 4 is 11.6 Å². The van der Waals surface area contributed by atoms with Crippen LogP contribution in [0.2, 0.25) is 0 Å². The number of carbonyl (C=O) groups is 1. The molecule has 0 aliphatic rings. The largest absolute Gasteiger partial charge is 0.319 e. The second-order valence-electron chi connectivity index (χ2n) is 5.92. The van der Waals surface area contributed by atoms with Gasteiger partial charge in [0.25, 0.3) is 11.5 Å². The maximum atomic E-state index is 13.7. The molecule has 3 aromatic rings. The van der Waals surface area contributed by atoms with Gasteiger partial charge in [-0.05, 0) is 36.8 Å². The molecule has 2 aromatic carbocycles. The van der Waals surface area contributed by atoms with Crippen LogP contribution < -0.4 is 10.9 Å². The molecule has 0 atom stereocenters. The van der Waals surface area contributed by atoms with Gasteiger partial charge in [-0.1, -0.05) is 29.8 Å². The van der Waals surface area contributed by atoms with E-state index in [0.717, 1.165) is 29.3 Å². The second-order valence-corrected chi connectivity index (χ2v) is 5.92. The van der Waals surface area contributed by atoms with Crippen molar-refractivity contribution in [1.82, 2.24) is 4.57 Å². The summed E-state index contributed by atoms with van der Waals surface area (Å²) in [4.78, 5) is 24.9. The number of pyridine rings is 1. The number of amides is 1. The monoisotopic (exact) mass is 354 g/mol. The van der Waals surface area contributed by atoms with E-state index in [1.54, 1.807) is 12.3 Å². The highest BCUT2D eigenvalue weighted by Crippen LogP contribution is 2.16. The first-order chi connectivity index (χ1) is 12.4. The average Bonchev–Trinajstić information content (AvgIpc) is 2.62. The van der Waals surface area contributed by atoms with Gasteiger partial charge in [-0.25, -0.2) is 8.78 Å². The van der Waals surface area contributed by atoms with Crippen molar-refractivity contribution in [2.24, 2.45) is 0 Å². The predicted octanol–water partition coefficient (Wildman–Crippen LogP) is 3.74. The lowest BCUT2D eigenvalue weighted by Crippen LogP contribution is -2.29. The van der Waals surface area contributed by atoms with Crippen LogP contribution in [0.25, 0.3) is 0 Å². The molecule has 0 radical (unpaired) electrons. The van der Waals surface area contributed by atoms with Gasteiger partial charge >= 0.3 is 0 Å². The highest BCUT2D eigenvalue weighted by molar-refractivity contribution is 6.04. The molecule has 6 heteroatoms. The lowest BCUT2D eigenvalue weighted by atomic mass is 10.1. The fourth-order valence-corrected chi connectivity index (χ4v) is 2.51. The maximum Gasteiger partial charge on any atom is 0.263 e. The molecule has 0 unspecified atom stereocenters. The van der Waals surface area contributed by atoms with Crippen molar-refractivity contribution in [3.63, 3.8) is 0 Å². The lowest BCUT2D eigenvalue weighted by molar-refractivity contribution is 0.102. The summed E-state index contributed by atoms with van der Waals surface area (Å²) in [5, 5.41) is 2.24. The van der Waals surface area contributed by atoms with Gasteiger partial charge in [-0.3, -0.25) is 9.59 Å². The van der Waals surface area contributed by atoms with E-state index in [4.69, 9.17) is 0 Å². The Bertz CT molecular complexity index is 1010. The minimum atomic E-state index is -0.794. The van der Waals surface area contributed by atoms with Crippen LogP contribution >= 0.6 is 0 Å². The summed E-state index contributed by atoms with van der Waals surface area (Å²) in [5.41, 5.74) is 1.03. The molecule has 0 aliphatic heterocycles. The van der Waals surface area contributed by atoms with Gasteiger partial charge in [-0.15, -0.1) is 0 Å². The van der Waals surface area contributed by atoms with Crippen LogP contribution in [0.1, 0.15) is 21.5 Å². The van der Waals surface area contributed by atoms with Gasteiger partial charge in [0, 0.05) is 12.3 Å². The van der Waals surface area contributed by atoms with Gasteiger partial charge in [-0.2, -0.15) is 0 Å². The summed E-state index contributed by atoms with van der Waals surface area (Å²) in [6.07, 6.45) is 1.57. The molecule has 0 aliphatic carbocycles. The summed E-state index contributed by atoms with van der Waals surface area (Å²) >= 11 is 0. The Morgan fingerprint density at radius 1 is 1.08 bits per heavy atom. The third kappa shape index (κ3) is 3.85. The van der Waals surface area contributed by atoms with E-state index in [9.17, 15) is 18.4 Å². The number of carbonyl (C=O) groups excluding carboxylic acids is 1. The van der Waals surface area contributed by atoms with Crippen molar-refractivity contribution in [1.29, 1.82) is 0 Å². The Morgan fingerprint density at radius 3 is 2.54 bits per heavy atom. The van der Waals surface area contributed by atoms with E-state index in [-0.39, 0.29) is 11.3 Å².